The van der Waals surface area contributed by atoms with Gasteiger partial charge in [0.05, 0.1) is 17.8 Å². The van der Waals surface area contributed by atoms with Crippen LogP contribution >= 0.6 is 0 Å². The Morgan fingerprint density at radius 2 is 2.00 bits per heavy atom. The molecule has 0 aromatic heterocycles. The minimum Gasteiger partial charge on any atom is -0.433 e. The Morgan fingerprint density at radius 1 is 1.22 bits per heavy atom. The number of amides is 1. The smallest absolute Gasteiger partial charge is 0.387 e. The summed E-state index contributed by atoms with van der Waals surface area (Å²) in [6.45, 7) is -1.21. The Labute approximate surface area is 133 Å². The van der Waals surface area contributed by atoms with Gasteiger partial charge in [-0.3, -0.25) is 9.69 Å². The number of β-amino-alcohol motifs (C(OH)–C–C–N with tert-alkyl or cyclic N) is 1. The highest BCUT2D eigenvalue weighted by Gasteiger charge is 2.39. The third-order valence-electron chi connectivity index (χ3n) is 4.42. The maximum atomic E-state index is 12.7. The van der Waals surface area contributed by atoms with E-state index in [0.29, 0.717) is 25.2 Å². The zero-order valence-corrected chi connectivity index (χ0v) is 12.7. The van der Waals surface area contributed by atoms with Crippen LogP contribution in [0.5, 0.6) is 5.75 Å². The normalized spacial score (nSPS) is 26.1. The van der Waals surface area contributed by atoms with E-state index < -0.39 is 12.7 Å². The van der Waals surface area contributed by atoms with Gasteiger partial charge in [-0.25, -0.2) is 0 Å². The molecule has 1 amide bonds. The second kappa shape index (κ2) is 6.80. The van der Waals surface area contributed by atoms with Crippen LogP contribution in [0, 0.1) is 0 Å². The molecule has 23 heavy (non-hydrogen) atoms. The van der Waals surface area contributed by atoms with Crippen LogP contribution < -0.4 is 9.64 Å². The van der Waals surface area contributed by atoms with E-state index in [4.69, 9.17) is 0 Å². The number of benzene rings is 1. The molecule has 1 N–H and O–H groups in total. The number of aliphatic hydroxyl groups is 1. The largest absolute Gasteiger partial charge is 0.433 e. The Morgan fingerprint density at radius 3 is 2.74 bits per heavy atom. The van der Waals surface area contributed by atoms with Crippen molar-refractivity contribution in [1.29, 1.82) is 0 Å². The van der Waals surface area contributed by atoms with Crippen LogP contribution in [-0.2, 0) is 4.79 Å². The molecule has 1 aromatic rings. The lowest BCUT2D eigenvalue weighted by molar-refractivity contribution is -0.122. The first-order valence-electron chi connectivity index (χ1n) is 7.83. The summed E-state index contributed by atoms with van der Waals surface area (Å²) in [5, 5.41) is 9.78. The number of hydrogen-bond donors (Lipinski definition) is 1. The summed E-state index contributed by atoms with van der Waals surface area (Å²) in [6, 6.07) is 6.04. The molecule has 2 aliphatic rings. The van der Waals surface area contributed by atoms with Crippen molar-refractivity contribution in [3.8, 4) is 5.75 Å². The molecule has 0 aliphatic carbocycles. The molecule has 0 radical (unpaired) electrons. The predicted molar refractivity (Wildman–Crippen MR) is 80.6 cm³/mol. The molecule has 2 atom stereocenters. The third kappa shape index (κ3) is 3.45. The second-order valence-corrected chi connectivity index (χ2v) is 5.93. The van der Waals surface area contributed by atoms with Crippen molar-refractivity contribution in [3.05, 3.63) is 24.3 Å². The topological polar surface area (TPSA) is 53.0 Å². The number of para-hydroxylation sites is 2. The number of carbonyl (C=O) groups excluding carboxylic acids is 1. The molecule has 3 rings (SSSR count). The van der Waals surface area contributed by atoms with Crippen molar-refractivity contribution < 1.29 is 23.4 Å². The molecule has 126 valence electrons. The highest BCUT2D eigenvalue weighted by molar-refractivity contribution is 6.00. The quantitative estimate of drug-likeness (QED) is 0.917. The highest BCUT2D eigenvalue weighted by Crippen LogP contribution is 2.34. The predicted octanol–water partition coefficient (Wildman–Crippen LogP) is 1.85. The molecule has 0 spiro atoms. The van der Waals surface area contributed by atoms with Crippen molar-refractivity contribution in [2.75, 3.05) is 24.5 Å². The van der Waals surface area contributed by atoms with E-state index >= 15 is 0 Å². The molecule has 7 heteroatoms. The average Bonchev–Trinajstić information content (AvgIpc) is 2.89. The molecule has 2 fully saturated rings. The summed E-state index contributed by atoms with van der Waals surface area (Å²) in [4.78, 5) is 16.2. The fourth-order valence-corrected chi connectivity index (χ4v) is 3.39. The standard InChI is InChI=1S/C16H20F2N2O3/c17-16(18)23-14-6-2-1-5-12(14)20-9-7-13(15(20)22)19-8-3-4-11(21)10-19/h1-2,5-6,11,13,16,21H,3-4,7-10H2/t11-,13+/m1/s1. The summed E-state index contributed by atoms with van der Waals surface area (Å²) in [5.74, 6) is -0.111. The number of anilines is 1. The van der Waals surface area contributed by atoms with Crippen LogP contribution in [0.25, 0.3) is 0 Å². The lowest BCUT2D eigenvalue weighted by atomic mass is 10.1. The first kappa shape index (κ1) is 16.1. The number of piperidine rings is 1. The fourth-order valence-electron chi connectivity index (χ4n) is 3.39. The molecule has 0 unspecified atom stereocenters. The van der Waals surface area contributed by atoms with Gasteiger partial charge in [0.1, 0.15) is 5.75 Å². The lowest BCUT2D eigenvalue weighted by Gasteiger charge is -2.33. The number of carbonyl (C=O) groups is 1. The van der Waals surface area contributed by atoms with Crippen molar-refractivity contribution >= 4 is 11.6 Å². The number of likely N-dealkylation sites (tertiary alicyclic amines) is 1. The van der Waals surface area contributed by atoms with E-state index in [2.05, 4.69) is 4.74 Å². The van der Waals surface area contributed by atoms with Crippen LogP contribution in [0.1, 0.15) is 19.3 Å². The minimum atomic E-state index is -2.93. The van der Waals surface area contributed by atoms with Crippen LogP contribution in [0.15, 0.2) is 24.3 Å². The van der Waals surface area contributed by atoms with Crippen molar-refractivity contribution in [2.45, 2.75) is 38.0 Å². The SMILES string of the molecule is O=C1[C@@H](N2CCC[C@@H](O)C2)CCN1c1ccccc1OC(F)F. The molecule has 1 aromatic carbocycles. The maximum Gasteiger partial charge on any atom is 0.387 e. The van der Waals surface area contributed by atoms with Gasteiger partial charge in [-0.2, -0.15) is 8.78 Å². The van der Waals surface area contributed by atoms with Crippen LogP contribution in [0.3, 0.4) is 0 Å². The first-order chi connectivity index (χ1) is 11.1. The number of alkyl halides is 2. The summed E-state index contributed by atoms with van der Waals surface area (Å²) < 4.78 is 29.6. The minimum absolute atomic E-state index is 0.00942. The van der Waals surface area contributed by atoms with E-state index in [0.717, 1.165) is 19.4 Å². The lowest BCUT2D eigenvalue weighted by Crippen LogP contribution is -2.48. The van der Waals surface area contributed by atoms with E-state index in [1.165, 1.54) is 11.0 Å². The van der Waals surface area contributed by atoms with Gasteiger partial charge >= 0.3 is 6.61 Å². The van der Waals surface area contributed by atoms with Crippen molar-refractivity contribution in [3.63, 3.8) is 0 Å². The van der Waals surface area contributed by atoms with Gasteiger partial charge in [-0.1, -0.05) is 12.1 Å². The molecule has 0 bridgehead atoms. The number of halogens is 2. The first-order valence-corrected chi connectivity index (χ1v) is 7.83. The van der Waals surface area contributed by atoms with Crippen LogP contribution in [-0.4, -0.2) is 54.3 Å². The van der Waals surface area contributed by atoms with Gasteiger partial charge in [-0.05, 0) is 37.9 Å². The monoisotopic (exact) mass is 326 g/mol. The Hall–Kier alpha value is -1.73. The summed E-state index contributed by atoms with van der Waals surface area (Å²) >= 11 is 0. The van der Waals surface area contributed by atoms with E-state index in [9.17, 15) is 18.7 Å². The molecular weight excluding hydrogens is 306 g/mol. The molecule has 5 nitrogen and oxygen atoms in total. The second-order valence-electron chi connectivity index (χ2n) is 5.93. The molecule has 2 aliphatic heterocycles. The number of ether oxygens (including phenoxy) is 1. The number of rotatable bonds is 4. The van der Waals surface area contributed by atoms with Crippen LogP contribution in [0.2, 0.25) is 0 Å². The van der Waals surface area contributed by atoms with E-state index in [-0.39, 0.29) is 17.7 Å². The van der Waals surface area contributed by atoms with Crippen LogP contribution in [0.4, 0.5) is 14.5 Å². The van der Waals surface area contributed by atoms with Crippen molar-refractivity contribution in [1.82, 2.24) is 4.90 Å². The fraction of sp³-hybridized carbons (Fsp3) is 0.562. The van der Waals surface area contributed by atoms with Gasteiger partial charge in [0.2, 0.25) is 5.91 Å². The van der Waals surface area contributed by atoms with E-state index in [1.807, 2.05) is 4.90 Å². The Kier molecular flexibility index (Phi) is 4.77. The third-order valence-corrected chi connectivity index (χ3v) is 4.42. The highest BCUT2D eigenvalue weighted by atomic mass is 19.3. The zero-order chi connectivity index (χ0) is 16.4. The molecular formula is C16H20F2N2O3. The number of nitrogens with zero attached hydrogens (tertiary/aromatic N) is 2. The average molecular weight is 326 g/mol. The van der Waals surface area contributed by atoms with Gasteiger partial charge in [0.25, 0.3) is 0 Å². The molecule has 0 saturated carbocycles. The Balaban J connectivity index is 1.77. The van der Waals surface area contributed by atoms with Gasteiger partial charge in [0.15, 0.2) is 0 Å². The molecule has 2 saturated heterocycles. The Bertz CT molecular complexity index is 570. The summed E-state index contributed by atoms with van der Waals surface area (Å²) in [7, 11) is 0. The van der Waals surface area contributed by atoms with E-state index in [1.54, 1.807) is 18.2 Å². The van der Waals surface area contributed by atoms with Crippen molar-refractivity contribution in [2.24, 2.45) is 0 Å². The number of hydrogen-bond acceptors (Lipinski definition) is 4. The zero-order valence-electron chi connectivity index (χ0n) is 12.7. The summed E-state index contributed by atoms with van der Waals surface area (Å²) in [6.07, 6.45) is 1.83. The maximum absolute atomic E-state index is 12.7. The van der Waals surface area contributed by atoms with Gasteiger partial charge in [0, 0.05) is 13.1 Å². The van der Waals surface area contributed by atoms with Gasteiger partial charge < -0.3 is 14.7 Å². The number of aliphatic hydroxyl groups excluding tert-OH is 1. The van der Waals surface area contributed by atoms with Gasteiger partial charge in [-0.15, -0.1) is 0 Å². The molecule has 2 heterocycles. The summed E-state index contributed by atoms with van der Waals surface area (Å²) in [5.41, 5.74) is 0.373.